The van der Waals surface area contributed by atoms with E-state index in [0.717, 1.165) is 32.5 Å². The first kappa shape index (κ1) is 10.2. The fourth-order valence-electron chi connectivity index (χ4n) is 1.92. The van der Waals surface area contributed by atoms with E-state index in [9.17, 15) is 4.79 Å². The highest BCUT2D eigenvalue weighted by atomic mass is 16.2. The monoisotopic (exact) mass is 208 g/mol. The molecule has 0 atom stereocenters. The van der Waals surface area contributed by atoms with Gasteiger partial charge in [-0.15, -0.1) is 0 Å². The van der Waals surface area contributed by atoms with Gasteiger partial charge >= 0.3 is 0 Å². The summed E-state index contributed by atoms with van der Waals surface area (Å²) < 4.78 is 0. The highest BCUT2D eigenvalue weighted by Crippen LogP contribution is 2.17. The molecule has 1 saturated heterocycles. The Morgan fingerprint density at radius 3 is 2.87 bits per heavy atom. The maximum absolute atomic E-state index is 11.9. The molecule has 1 aliphatic heterocycles. The number of amides is 1. The van der Waals surface area contributed by atoms with Gasteiger partial charge < -0.3 is 10.6 Å². The average Bonchev–Trinajstić information content (AvgIpc) is 2.82. The molecule has 0 radical (unpaired) electrons. The largest absolute Gasteiger partial charge is 0.337 e. The standard InChI is InChI=1S/C10H16N4O/c11-7-8-2-5-14(6-3-8)10(15)9-1-4-12-13-9/h1,4,8H,2-3,5-7,11H2,(H,12,13). The molecule has 1 aromatic heterocycles. The first-order chi connectivity index (χ1) is 7.31. The molecule has 0 aromatic carbocycles. The van der Waals surface area contributed by atoms with Crippen LogP contribution in [0.5, 0.6) is 0 Å². The number of hydrogen-bond donors (Lipinski definition) is 2. The molecule has 82 valence electrons. The van der Waals surface area contributed by atoms with E-state index in [1.807, 2.05) is 4.90 Å². The summed E-state index contributed by atoms with van der Waals surface area (Å²) in [6.45, 7) is 2.34. The number of nitrogens with zero attached hydrogens (tertiary/aromatic N) is 2. The summed E-state index contributed by atoms with van der Waals surface area (Å²) in [6.07, 6.45) is 3.62. The Bertz CT molecular complexity index is 314. The Hall–Kier alpha value is -1.36. The van der Waals surface area contributed by atoms with Gasteiger partial charge in [0.15, 0.2) is 0 Å². The van der Waals surface area contributed by atoms with Crippen molar-refractivity contribution in [2.24, 2.45) is 11.7 Å². The molecule has 5 nitrogen and oxygen atoms in total. The van der Waals surface area contributed by atoms with Crippen molar-refractivity contribution in [1.29, 1.82) is 0 Å². The van der Waals surface area contributed by atoms with E-state index in [1.165, 1.54) is 0 Å². The molecule has 2 heterocycles. The van der Waals surface area contributed by atoms with Gasteiger partial charge in [-0.1, -0.05) is 0 Å². The Morgan fingerprint density at radius 2 is 2.33 bits per heavy atom. The van der Waals surface area contributed by atoms with Crippen LogP contribution >= 0.6 is 0 Å². The molecule has 3 N–H and O–H groups in total. The molecule has 1 amide bonds. The summed E-state index contributed by atoms with van der Waals surface area (Å²) >= 11 is 0. The minimum atomic E-state index is 0.0444. The summed E-state index contributed by atoms with van der Waals surface area (Å²) in [5.74, 6) is 0.624. The Labute approximate surface area is 88.6 Å². The minimum Gasteiger partial charge on any atom is -0.337 e. The maximum Gasteiger partial charge on any atom is 0.271 e. The van der Waals surface area contributed by atoms with E-state index >= 15 is 0 Å². The zero-order chi connectivity index (χ0) is 10.7. The van der Waals surface area contributed by atoms with Crippen LogP contribution in [0.25, 0.3) is 0 Å². The van der Waals surface area contributed by atoms with Crippen molar-refractivity contribution in [3.05, 3.63) is 18.0 Å². The molecule has 5 heteroatoms. The number of carbonyl (C=O) groups is 1. The van der Waals surface area contributed by atoms with E-state index in [-0.39, 0.29) is 5.91 Å². The Kier molecular flexibility index (Phi) is 3.01. The number of rotatable bonds is 2. The third-order valence-electron chi connectivity index (χ3n) is 2.97. The lowest BCUT2D eigenvalue weighted by Crippen LogP contribution is -2.40. The van der Waals surface area contributed by atoms with Crippen LogP contribution in [0.4, 0.5) is 0 Å². The van der Waals surface area contributed by atoms with E-state index < -0.39 is 0 Å². The second-order valence-corrected chi connectivity index (χ2v) is 3.94. The van der Waals surface area contributed by atoms with Crippen LogP contribution < -0.4 is 5.73 Å². The van der Waals surface area contributed by atoms with Gasteiger partial charge in [-0.3, -0.25) is 9.89 Å². The normalized spacial score (nSPS) is 18.1. The predicted molar refractivity (Wildman–Crippen MR) is 56.3 cm³/mol. The second-order valence-electron chi connectivity index (χ2n) is 3.94. The molecule has 1 aromatic rings. The van der Waals surface area contributed by atoms with Crippen molar-refractivity contribution in [3.8, 4) is 0 Å². The van der Waals surface area contributed by atoms with Crippen molar-refractivity contribution in [2.75, 3.05) is 19.6 Å². The number of carbonyl (C=O) groups excluding carboxylic acids is 1. The molecular formula is C10H16N4O. The predicted octanol–water partition coefficient (Wildman–Crippen LogP) is 0.221. The van der Waals surface area contributed by atoms with Gasteiger partial charge in [0.1, 0.15) is 5.69 Å². The van der Waals surface area contributed by atoms with Gasteiger partial charge in [-0.05, 0) is 31.4 Å². The quantitative estimate of drug-likeness (QED) is 0.730. The number of aromatic amines is 1. The molecule has 1 fully saturated rings. The first-order valence-electron chi connectivity index (χ1n) is 5.30. The highest BCUT2D eigenvalue weighted by Gasteiger charge is 2.23. The fraction of sp³-hybridized carbons (Fsp3) is 0.600. The van der Waals surface area contributed by atoms with Crippen LogP contribution in [-0.4, -0.2) is 40.6 Å². The topological polar surface area (TPSA) is 75.0 Å². The van der Waals surface area contributed by atoms with Crippen LogP contribution in [0.3, 0.4) is 0 Å². The first-order valence-corrected chi connectivity index (χ1v) is 5.30. The Balaban J connectivity index is 1.93. The molecule has 2 rings (SSSR count). The van der Waals surface area contributed by atoms with E-state index in [4.69, 9.17) is 5.73 Å². The van der Waals surface area contributed by atoms with Gasteiger partial charge in [0, 0.05) is 19.3 Å². The van der Waals surface area contributed by atoms with E-state index in [2.05, 4.69) is 10.2 Å². The third kappa shape index (κ3) is 2.18. The minimum absolute atomic E-state index is 0.0444. The van der Waals surface area contributed by atoms with Gasteiger partial charge in [-0.25, -0.2) is 0 Å². The van der Waals surface area contributed by atoms with Gasteiger partial charge in [0.2, 0.25) is 0 Å². The molecule has 15 heavy (non-hydrogen) atoms. The van der Waals surface area contributed by atoms with Crippen molar-refractivity contribution in [2.45, 2.75) is 12.8 Å². The summed E-state index contributed by atoms with van der Waals surface area (Å²) in [4.78, 5) is 13.7. The molecular weight excluding hydrogens is 192 g/mol. The van der Waals surface area contributed by atoms with Crippen molar-refractivity contribution in [3.63, 3.8) is 0 Å². The van der Waals surface area contributed by atoms with Crippen LogP contribution in [0.2, 0.25) is 0 Å². The average molecular weight is 208 g/mol. The summed E-state index contributed by atoms with van der Waals surface area (Å²) in [7, 11) is 0. The molecule has 0 bridgehead atoms. The lowest BCUT2D eigenvalue weighted by Gasteiger charge is -2.30. The fourth-order valence-corrected chi connectivity index (χ4v) is 1.92. The van der Waals surface area contributed by atoms with Gasteiger partial charge in [-0.2, -0.15) is 5.10 Å². The van der Waals surface area contributed by atoms with Crippen LogP contribution in [0, 0.1) is 5.92 Å². The second kappa shape index (κ2) is 4.44. The smallest absolute Gasteiger partial charge is 0.271 e. The molecule has 0 unspecified atom stereocenters. The number of hydrogen-bond acceptors (Lipinski definition) is 3. The molecule has 0 spiro atoms. The van der Waals surface area contributed by atoms with Crippen LogP contribution in [0.15, 0.2) is 12.3 Å². The maximum atomic E-state index is 11.9. The van der Waals surface area contributed by atoms with Crippen molar-refractivity contribution < 1.29 is 4.79 Å². The lowest BCUT2D eigenvalue weighted by molar-refractivity contribution is 0.0687. The summed E-state index contributed by atoms with van der Waals surface area (Å²) in [5.41, 5.74) is 6.17. The zero-order valence-corrected chi connectivity index (χ0v) is 8.65. The Morgan fingerprint density at radius 1 is 1.60 bits per heavy atom. The lowest BCUT2D eigenvalue weighted by atomic mass is 9.97. The number of nitrogens with one attached hydrogen (secondary N) is 1. The molecule has 1 aliphatic rings. The van der Waals surface area contributed by atoms with Crippen molar-refractivity contribution >= 4 is 5.91 Å². The highest BCUT2D eigenvalue weighted by molar-refractivity contribution is 5.92. The van der Waals surface area contributed by atoms with Gasteiger partial charge in [0.05, 0.1) is 0 Å². The number of piperidine rings is 1. The summed E-state index contributed by atoms with van der Waals surface area (Å²) in [6, 6.07) is 1.71. The third-order valence-corrected chi connectivity index (χ3v) is 2.97. The van der Waals surface area contributed by atoms with Crippen LogP contribution in [0.1, 0.15) is 23.3 Å². The zero-order valence-electron chi connectivity index (χ0n) is 8.65. The van der Waals surface area contributed by atoms with Crippen LogP contribution in [-0.2, 0) is 0 Å². The molecule has 0 aliphatic carbocycles. The number of H-pyrrole nitrogens is 1. The number of likely N-dealkylation sites (tertiary alicyclic amines) is 1. The number of nitrogens with two attached hydrogens (primary N) is 1. The number of aromatic nitrogens is 2. The SMILES string of the molecule is NCC1CCN(C(=O)c2ccn[nH]2)CC1. The van der Waals surface area contributed by atoms with Crippen molar-refractivity contribution in [1.82, 2.24) is 15.1 Å². The van der Waals surface area contributed by atoms with E-state index in [0.29, 0.717) is 11.6 Å². The molecule has 0 saturated carbocycles. The summed E-state index contributed by atoms with van der Waals surface area (Å²) in [5, 5.41) is 6.47. The van der Waals surface area contributed by atoms with Gasteiger partial charge in [0.25, 0.3) is 5.91 Å². The van der Waals surface area contributed by atoms with E-state index in [1.54, 1.807) is 12.3 Å².